The second-order valence-corrected chi connectivity index (χ2v) is 6.04. The van der Waals surface area contributed by atoms with Gasteiger partial charge in [-0.2, -0.15) is 0 Å². The molecule has 0 amide bonds. The standard InChI is InChI=1S/C16H24ClN/c1-3-8-18-15-7-5-13(11-15)10-14-6-4-12(2)9-16(14)17/h4,6,9,13,15,18H,3,5,7-8,10-11H2,1-2H3. The summed E-state index contributed by atoms with van der Waals surface area (Å²) in [5.74, 6) is 0.805. The van der Waals surface area contributed by atoms with Gasteiger partial charge < -0.3 is 5.32 Å². The Kier molecular flexibility index (Phi) is 5.08. The molecule has 1 N–H and O–H groups in total. The van der Waals surface area contributed by atoms with Crippen LogP contribution < -0.4 is 5.32 Å². The third-order valence-corrected chi connectivity index (χ3v) is 4.29. The molecule has 1 saturated carbocycles. The van der Waals surface area contributed by atoms with E-state index in [4.69, 9.17) is 11.6 Å². The molecule has 2 atom stereocenters. The fourth-order valence-corrected chi connectivity index (χ4v) is 3.24. The summed E-state index contributed by atoms with van der Waals surface area (Å²) in [6.07, 6.45) is 6.35. The summed E-state index contributed by atoms with van der Waals surface area (Å²) in [5, 5.41) is 4.58. The van der Waals surface area contributed by atoms with E-state index < -0.39 is 0 Å². The van der Waals surface area contributed by atoms with Crippen LogP contribution in [0.1, 0.15) is 43.7 Å². The van der Waals surface area contributed by atoms with Gasteiger partial charge in [-0.3, -0.25) is 0 Å². The van der Waals surface area contributed by atoms with Gasteiger partial charge in [0.05, 0.1) is 0 Å². The third kappa shape index (κ3) is 3.73. The number of benzene rings is 1. The zero-order valence-electron chi connectivity index (χ0n) is 11.5. The van der Waals surface area contributed by atoms with E-state index in [-0.39, 0.29) is 0 Å². The molecule has 0 spiro atoms. The van der Waals surface area contributed by atoms with E-state index in [1.165, 1.54) is 36.8 Å². The zero-order valence-corrected chi connectivity index (χ0v) is 12.3. The fourth-order valence-electron chi connectivity index (χ4n) is 2.92. The van der Waals surface area contributed by atoms with Gasteiger partial charge in [-0.25, -0.2) is 0 Å². The normalized spacial score (nSPS) is 23.5. The predicted octanol–water partition coefficient (Wildman–Crippen LogP) is 4.36. The monoisotopic (exact) mass is 265 g/mol. The first-order valence-corrected chi connectivity index (χ1v) is 7.55. The van der Waals surface area contributed by atoms with Crippen LogP contribution >= 0.6 is 11.6 Å². The van der Waals surface area contributed by atoms with Crippen LogP contribution in [0.15, 0.2) is 18.2 Å². The summed E-state index contributed by atoms with van der Waals surface area (Å²) in [6.45, 7) is 5.48. The Bertz CT molecular complexity index is 389. The lowest BCUT2D eigenvalue weighted by Crippen LogP contribution is -2.27. The van der Waals surface area contributed by atoms with Crippen LogP contribution in [0, 0.1) is 12.8 Å². The SMILES string of the molecule is CCCNC1CCC(Cc2ccc(C)cc2Cl)C1. The van der Waals surface area contributed by atoms with E-state index in [0.29, 0.717) is 0 Å². The second kappa shape index (κ2) is 6.58. The lowest BCUT2D eigenvalue weighted by atomic mass is 9.97. The fraction of sp³-hybridized carbons (Fsp3) is 0.625. The van der Waals surface area contributed by atoms with Crippen molar-refractivity contribution in [1.82, 2.24) is 5.32 Å². The molecule has 1 fully saturated rings. The molecule has 18 heavy (non-hydrogen) atoms. The van der Waals surface area contributed by atoms with Crippen molar-refractivity contribution in [2.75, 3.05) is 6.54 Å². The van der Waals surface area contributed by atoms with Crippen molar-refractivity contribution in [3.05, 3.63) is 34.3 Å². The summed E-state index contributed by atoms with van der Waals surface area (Å²) in [7, 11) is 0. The Morgan fingerprint density at radius 2 is 2.17 bits per heavy atom. The van der Waals surface area contributed by atoms with Crippen LogP contribution in [0.5, 0.6) is 0 Å². The van der Waals surface area contributed by atoms with E-state index in [9.17, 15) is 0 Å². The van der Waals surface area contributed by atoms with Crippen molar-refractivity contribution >= 4 is 11.6 Å². The largest absolute Gasteiger partial charge is 0.314 e. The summed E-state index contributed by atoms with van der Waals surface area (Å²) in [6, 6.07) is 7.19. The maximum absolute atomic E-state index is 6.31. The quantitative estimate of drug-likeness (QED) is 0.834. The Morgan fingerprint density at radius 3 is 2.89 bits per heavy atom. The Hall–Kier alpha value is -0.530. The Labute approximate surface area is 116 Å². The molecule has 0 heterocycles. The predicted molar refractivity (Wildman–Crippen MR) is 79.3 cm³/mol. The van der Waals surface area contributed by atoms with E-state index in [1.807, 2.05) is 0 Å². The van der Waals surface area contributed by atoms with Crippen LogP contribution in [-0.4, -0.2) is 12.6 Å². The highest BCUT2D eigenvalue weighted by Gasteiger charge is 2.24. The van der Waals surface area contributed by atoms with Crippen molar-refractivity contribution in [3.63, 3.8) is 0 Å². The van der Waals surface area contributed by atoms with Crippen molar-refractivity contribution in [2.24, 2.45) is 5.92 Å². The molecule has 2 rings (SSSR count). The molecule has 1 aromatic rings. The maximum atomic E-state index is 6.31. The molecule has 1 nitrogen and oxygen atoms in total. The topological polar surface area (TPSA) is 12.0 Å². The number of hydrogen-bond acceptors (Lipinski definition) is 1. The van der Waals surface area contributed by atoms with E-state index in [0.717, 1.165) is 29.9 Å². The van der Waals surface area contributed by atoms with Gasteiger partial charge in [0.1, 0.15) is 0 Å². The molecular weight excluding hydrogens is 242 g/mol. The summed E-state index contributed by atoms with van der Waals surface area (Å²) in [5.41, 5.74) is 2.57. The summed E-state index contributed by atoms with van der Waals surface area (Å²) in [4.78, 5) is 0. The lowest BCUT2D eigenvalue weighted by Gasteiger charge is -2.13. The Balaban J connectivity index is 1.87. The first kappa shape index (κ1) is 13.9. The molecule has 1 aromatic carbocycles. The Morgan fingerprint density at radius 1 is 1.33 bits per heavy atom. The van der Waals surface area contributed by atoms with Crippen LogP contribution in [0.3, 0.4) is 0 Å². The van der Waals surface area contributed by atoms with Crippen molar-refractivity contribution in [3.8, 4) is 0 Å². The van der Waals surface area contributed by atoms with Gasteiger partial charge in [0.25, 0.3) is 0 Å². The van der Waals surface area contributed by atoms with Crippen molar-refractivity contribution in [1.29, 1.82) is 0 Å². The summed E-state index contributed by atoms with van der Waals surface area (Å²) >= 11 is 6.31. The first-order valence-electron chi connectivity index (χ1n) is 7.17. The van der Waals surface area contributed by atoms with Crippen molar-refractivity contribution in [2.45, 2.75) is 52.0 Å². The molecule has 1 aliphatic carbocycles. The van der Waals surface area contributed by atoms with Gasteiger partial charge in [0, 0.05) is 11.1 Å². The van der Waals surface area contributed by atoms with Gasteiger partial charge in [-0.1, -0.05) is 30.7 Å². The molecule has 0 radical (unpaired) electrons. The highest BCUT2D eigenvalue weighted by Crippen LogP contribution is 2.31. The average Bonchev–Trinajstić information content (AvgIpc) is 2.78. The minimum atomic E-state index is 0.735. The molecule has 0 bridgehead atoms. The molecular formula is C16H24ClN. The smallest absolute Gasteiger partial charge is 0.0440 e. The van der Waals surface area contributed by atoms with Gasteiger partial charge >= 0.3 is 0 Å². The number of aryl methyl sites for hydroxylation is 1. The van der Waals surface area contributed by atoms with E-state index in [2.05, 4.69) is 37.4 Å². The minimum absolute atomic E-state index is 0.735. The van der Waals surface area contributed by atoms with Crippen LogP contribution in [0.4, 0.5) is 0 Å². The minimum Gasteiger partial charge on any atom is -0.314 e. The maximum Gasteiger partial charge on any atom is 0.0440 e. The van der Waals surface area contributed by atoms with Gasteiger partial charge in [0.2, 0.25) is 0 Å². The van der Waals surface area contributed by atoms with Crippen LogP contribution in [0.2, 0.25) is 5.02 Å². The van der Waals surface area contributed by atoms with Gasteiger partial charge in [0.15, 0.2) is 0 Å². The number of halogens is 1. The highest BCUT2D eigenvalue weighted by atomic mass is 35.5. The number of rotatable bonds is 5. The van der Waals surface area contributed by atoms with Gasteiger partial charge in [-0.05, 0) is 68.7 Å². The van der Waals surface area contributed by atoms with Gasteiger partial charge in [-0.15, -0.1) is 0 Å². The van der Waals surface area contributed by atoms with E-state index in [1.54, 1.807) is 0 Å². The number of nitrogens with one attached hydrogen (secondary N) is 1. The average molecular weight is 266 g/mol. The van der Waals surface area contributed by atoms with E-state index >= 15 is 0 Å². The van der Waals surface area contributed by atoms with Crippen molar-refractivity contribution < 1.29 is 0 Å². The molecule has 100 valence electrons. The lowest BCUT2D eigenvalue weighted by molar-refractivity contribution is 0.484. The second-order valence-electron chi connectivity index (χ2n) is 5.63. The molecule has 0 aromatic heterocycles. The van der Waals surface area contributed by atoms with Crippen LogP contribution in [0.25, 0.3) is 0 Å². The van der Waals surface area contributed by atoms with Crippen LogP contribution in [-0.2, 0) is 6.42 Å². The number of hydrogen-bond donors (Lipinski definition) is 1. The first-order chi connectivity index (χ1) is 8.69. The molecule has 1 aliphatic rings. The highest BCUT2D eigenvalue weighted by molar-refractivity contribution is 6.31. The molecule has 2 heteroatoms. The molecule has 0 aliphatic heterocycles. The molecule has 2 unspecified atom stereocenters. The zero-order chi connectivity index (χ0) is 13.0. The third-order valence-electron chi connectivity index (χ3n) is 3.94. The summed E-state index contributed by atoms with van der Waals surface area (Å²) < 4.78 is 0. The molecule has 0 saturated heterocycles.